The first-order chi connectivity index (χ1) is 9.10. The zero-order chi connectivity index (χ0) is 13.5. The van der Waals surface area contributed by atoms with E-state index in [0.717, 1.165) is 5.39 Å². The molecule has 0 bridgehead atoms. The fourth-order valence-electron chi connectivity index (χ4n) is 2.07. The molecule has 2 aromatic heterocycles. The fourth-order valence-corrected chi connectivity index (χ4v) is 3.18. The van der Waals surface area contributed by atoms with Crippen LogP contribution in [0, 0.1) is 5.82 Å². The van der Waals surface area contributed by atoms with Gasteiger partial charge in [0.25, 0.3) is 0 Å². The molecule has 1 atom stereocenters. The fraction of sp³-hybridized carbons (Fsp3) is 0.0714. The van der Waals surface area contributed by atoms with Gasteiger partial charge in [-0.15, -0.1) is 11.3 Å². The highest BCUT2D eigenvalue weighted by molar-refractivity contribution is 7.10. The molecule has 2 heterocycles. The third kappa shape index (κ3) is 2.02. The quantitative estimate of drug-likeness (QED) is 0.728. The zero-order valence-corrected chi connectivity index (χ0v) is 11.2. The molecule has 0 amide bonds. The summed E-state index contributed by atoms with van der Waals surface area (Å²) in [5.41, 5.74) is 0.0662. The largest absolute Gasteiger partial charge is 0.367 e. The molecule has 3 aromatic rings. The van der Waals surface area contributed by atoms with E-state index in [1.54, 1.807) is 42.0 Å². The molecule has 0 saturated heterocycles. The van der Waals surface area contributed by atoms with Crippen LogP contribution in [0.5, 0.6) is 0 Å². The standard InChI is InChI=1S/C14H9ClFNOS/c15-14(18,12-2-1-7-19-12)13-10-5-6-17-8-9(10)3-4-11(13)16/h1-8,18H. The minimum Gasteiger partial charge on any atom is -0.367 e. The van der Waals surface area contributed by atoms with E-state index in [4.69, 9.17) is 11.6 Å². The van der Waals surface area contributed by atoms with Crippen molar-refractivity contribution in [3.05, 3.63) is 64.4 Å². The Kier molecular flexibility index (Phi) is 3.01. The number of hydrogen-bond donors (Lipinski definition) is 1. The Labute approximate surface area is 118 Å². The lowest BCUT2D eigenvalue weighted by Crippen LogP contribution is -2.20. The third-order valence-electron chi connectivity index (χ3n) is 2.95. The van der Waals surface area contributed by atoms with E-state index in [2.05, 4.69) is 4.98 Å². The first kappa shape index (κ1) is 12.5. The lowest BCUT2D eigenvalue weighted by molar-refractivity contribution is 0.173. The van der Waals surface area contributed by atoms with Crippen LogP contribution in [0.25, 0.3) is 10.8 Å². The Bertz CT molecular complexity index is 727. The first-order valence-corrected chi connectivity index (χ1v) is 6.84. The van der Waals surface area contributed by atoms with Gasteiger partial charge in [-0.3, -0.25) is 4.98 Å². The van der Waals surface area contributed by atoms with Crippen LogP contribution >= 0.6 is 22.9 Å². The number of halogens is 2. The average molecular weight is 294 g/mol. The lowest BCUT2D eigenvalue weighted by atomic mass is 9.99. The minimum atomic E-state index is -1.88. The van der Waals surface area contributed by atoms with Gasteiger partial charge in [-0.25, -0.2) is 4.39 Å². The van der Waals surface area contributed by atoms with Gasteiger partial charge in [0.15, 0.2) is 0 Å². The van der Waals surface area contributed by atoms with Gasteiger partial charge >= 0.3 is 0 Å². The van der Waals surface area contributed by atoms with Crippen molar-refractivity contribution in [2.45, 2.75) is 5.06 Å². The maximum atomic E-state index is 14.1. The molecule has 0 aliphatic carbocycles. The Morgan fingerprint density at radius 2 is 2.11 bits per heavy atom. The predicted molar refractivity (Wildman–Crippen MR) is 74.9 cm³/mol. The van der Waals surface area contributed by atoms with Gasteiger partial charge in [-0.2, -0.15) is 0 Å². The summed E-state index contributed by atoms with van der Waals surface area (Å²) in [5.74, 6) is -0.537. The van der Waals surface area contributed by atoms with Crippen molar-refractivity contribution >= 4 is 33.7 Å². The van der Waals surface area contributed by atoms with Gasteiger partial charge in [0.2, 0.25) is 5.06 Å². The Hall–Kier alpha value is -1.49. The number of aromatic nitrogens is 1. The highest BCUT2D eigenvalue weighted by atomic mass is 35.5. The molecule has 1 aromatic carbocycles. The number of alkyl halides is 1. The second-order valence-electron chi connectivity index (χ2n) is 4.12. The summed E-state index contributed by atoms with van der Waals surface area (Å²) >= 11 is 7.50. The Balaban J connectivity index is 2.33. The molecule has 0 radical (unpaired) electrons. The molecule has 3 rings (SSSR count). The number of pyridine rings is 1. The van der Waals surface area contributed by atoms with Crippen molar-refractivity contribution in [3.8, 4) is 0 Å². The van der Waals surface area contributed by atoms with Gasteiger partial charge in [-0.05, 0) is 35.0 Å². The van der Waals surface area contributed by atoms with Gasteiger partial charge < -0.3 is 5.11 Å². The number of rotatable bonds is 2. The van der Waals surface area contributed by atoms with Gasteiger partial charge in [0.05, 0.1) is 4.88 Å². The maximum Gasteiger partial charge on any atom is 0.203 e. The van der Waals surface area contributed by atoms with Crippen LogP contribution < -0.4 is 0 Å². The second-order valence-corrected chi connectivity index (χ2v) is 5.61. The monoisotopic (exact) mass is 293 g/mol. The third-order valence-corrected chi connectivity index (χ3v) is 4.43. The van der Waals surface area contributed by atoms with Gasteiger partial charge in [0.1, 0.15) is 5.82 Å². The van der Waals surface area contributed by atoms with Crippen LogP contribution in [0.15, 0.2) is 48.1 Å². The van der Waals surface area contributed by atoms with Crippen LogP contribution in [0.3, 0.4) is 0 Å². The average Bonchev–Trinajstić information content (AvgIpc) is 2.92. The molecule has 2 nitrogen and oxygen atoms in total. The normalized spacial score (nSPS) is 14.5. The highest BCUT2D eigenvalue weighted by Crippen LogP contribution is 2.41. The molecule has 19 heavy (non-hydrogen) atoms. The molecule has 0 aliphatic rings. The SMILES string of the molecule is OC(Cl)(c1cccs1)c1c(F)ccc2cnccc12. The summed E-state index contributed by atoms with van der Waals surface area (Å²) in [5, 5.41) is 11.7. The van der Waals surface area contributed by atoms with E-state index in [1.165, 1.54) is 17.4 Å². The van der Waals surface area contributed by atoms with E-state index in [0.29, 0.717) is 10.3 Å². The van der Waals surface area contributed by atoms with Crippen LogP contribution in [-0.4, -0.2) is 10.1 Å². The molecule has 5 heteroatoms. The molecule has 0 fully saturated rings. The van der Waals surface area contributed by atoms with E-state index in [-0.39, 0.29) is 5.56 Å². The molecular weight excluding hydrogens is 285 g/mol. The Morgan fingerprint density at radius 3 is 2.84 bits per heavy atom. The predicted octanol–water partition coefficient (Wildman–Crippen LogP) is 3.87. The van der Waals surface area contributed by atoms with Crippen LogP contribution in [-0.2, 0) is 5.06 Å². The maximum absolute atomic E-state index is 14.1. The molecule has 96 valence electrons. The number of aliphatic hydroxyl groups is 1. The van der Waals surface area contributed by atoms with Crippen molar-refractivity contribution in [1.82, 2.24) is 4.98 Å². The number of hydrogen-bond acceptors (Lipinski definition) is 3. The van der Waals surface area contributed by atoms with Crippen LogP contribution in [0.1, 0.15) is 10.4 Å². The number of thiophene rings is 1. The first-order valence-electron chi connectivity index (χ1n) is 5.58. The van der Waals surface area contributed by atoms with Crippen molar-refractivity contribution in [3.63, 3.8) is 0 Å². The number of benzene rings is 1. The van der Waals surface area contributed by atoms with Gasteiger partial charge in [-0.1, -0.05) is 17.7 Å². The smallest absolute Gasteiger partial charge is 0.203 e. The summed E-state index contributed by atoms with van der Waals surface area (Å²) in [6.45, 7) is 0. The van der Waals surface area contributed by atoms with Crippen molar-refractivity contribution in [1.29, 1.82) is 0 Å². The minimum absolute atomic E-state index is 0.0662. The second kappa shape index (κ2) is 4.56. The van der Waals surface area contributed by atoms with Crippen LogP contribution in [0.2, 0.25) is 0 Å². The Morgan fingerprint density at radius 1 is 1.26 bits per heavy atom. The molecule has 0 saturated carbocycles. The summed E-state index contributed by atoms with van der Waals surface area (Å²) in [4.78, 5) is 4.47. The van der Waals surface area contributed by atoms with Crippen molar-refractivity contribution in [2.75, 3.05) is 0 Å². The number of nitrogens with zero attached hydrogens (tertiary/aromatic N) is 1. The van der Waals surface area contributed by atoms with E-state index < -0.39 is 10.9 Å². The van der Waals surface area contributed by atoms with Crippen molar-refractivity contribution in [2.24, 2.45) is 0 Å². The summed E-state index contributed by atoms with van der Waals surface area (Å²) in [7, 11) is 0. The summed E-state index contributed by atoms with van der Waals surface area (Å²) in [6.07, 6.45) is 3.16. The highest BCUT2D eigenvalue weighted by Gasteiger charge is 2.34. The number of fused-ring (bicyclic) bond motifs is 1. The molecule has 1 unspecified atom stereocenters. The molecule has 0 spiro atoms. The lowest BCUT2D eigenvalue weighted by Gasteiger charge is -2.22. The molecular formula is C14H9ClFNOS. The zero-order valence-electron chi connectivity index (χ0n) is 9.68. The summed E-state index contributed by atoms with van der Waals surface area (Å²) in [6, 6.07) is 7.99. The molecule has 0 aliphatic heterocycles. The van der Waals surface area contributed by atoms with Crippen LogP contribution in [0.4, 0.5) is 4.39 Å². The van der Waals surface area contributed by atoms with E-state index >= 15 is 0 Å². The van der Waals surface area contributed by atoms with E-state index in [1.807, 2.05) is 0 Å². The van der Waals surface area contributed by atoms with E-state index in [9.17, 15) is 9.50 Å². The van der Waals surface area contributed by atoms with Crippen molar-refractivity contribution < 1.29 is 9.50 Å². The topological polar surface area (TPSA) is 33.1 Å². The summed E-state index contributed by atoms with van der Waals surface area (Å²) < 4.78 is 14.1. The molecule has 1 N–H and O–H groups in total. The van der Waals surface area contributed by atoms with Gasteiger partial charge in [0, 0.05) is 23.3 Å².